The van der Waals surface area contributed by atoms with E-state index in [1.807, 2.05) is 24.3 Å². The van der Waals surface area contributed by atoms with Crippen LogP contribution in [0, 0.1) is 0 Å². The number of nitrogens with one attached hydrogen (secondary N) is 1. The number of ether oxygens (including phenoxy) is 2. The van der Waals surface area contributed by atoms with Gasteiger partial charge in [0.2, 0.25) is 5.91 Å². The summed E-state index contributed by atoms with van der Waals surface area (Å²) in [6.45, 7) is 4.34. The fraction of sp³-hybridized carbons (Fsp3) is 0.526. The molecule has 2 heterocycles. The largest absolute Gasteiger partial charge is 0.486 e. The van der Waals surface area contributed by atoms with Crippen molar-refractivity contribution >= 4 is 17.8 Å². The molecule has 0 bridgehead atoms. The SMILES string of the molecule is CN(CC1COc2ccccc2O1)C(=O)CCCN1C(=O)NC(C)(C)C1=O. The molecular formula is C19H25N3O5. The summed E-state index contributed by atoms with van der Waals surface area (Å²) in [5.41, 5.74) is -0.882. The Morgan fingerprint density at radius 3 is 2.67 bits per heavy atom. The highest BCUT2D eigenvalue weighted by atomic mass is 16.6. The van der Waals surface area contributed by atoms with Crippen LogP contribution in [0.2, 0.25) is 0 Å². The lowest BCUT2D eigenvalue weighted by atomic mass is 10.1. The predicted molar refractivity (Wildman–Crippen MR) is 97.5 cm³/mol. The van der Waals surface area contributed by atoms with Gasteiger partial charge in [0.1, 0.15) is 12.1 Å². The molecule has 2 aliphatic rings. The Bertz CT molecular complexity index is 749. The highest BCUT2D eigenvalue weighted by Crippen LogP contribution is 2.31. The van der Waals surface area contributed by atoms with E-state index in [1.165, 1.54) is 4.90 Å². The molecule has 1 aromatic carbocycles. The van der Waals surface area contributed by atoms with Gasteiger partial charge in [-0.1, -0.05) is 12.1 Å². The van der Waals surface area contributed by atoms with Crippen LogP contribution in [0.1, 0.15) is 26.7 Å². The second-order valence-corrected chi connectivity index (χ2v) is 7.39. The molecule has 146 valence electrons. The van der Waals surface area contributed by atoms with Gasteiger partial charge in [0, 0.05) is 20.0 Å². The third kappa shape index (κ3) is 4.15. The molecule has 27 heavy (non-hydrogen) atoms. The van der Waals surface area contributed by atoms with Crippen LogP contribution >= 0.6 is 0 Å². The summed E-state index contributed by atoms with van der Waals surface area (Å²) < 4.78 is 11.5. The number of para-hydroxylation sites is 2. The van der Waals surface area contributed by atoms with E-state index >= 15 is 0 Å². The van der Waals surface area contributed by atoms with Crippen molar-refractivity contribution in [2.24, 2.45) is 0 Å². The van der Waals surface area contributed by atoms with Crippen molar-refractivity contribution in [2.45, 2.75) is 38.3 Å². The third-order valence-corrected chi connectivity index (χ3v) is 4.69. The van der Waals surface area contributed by atoms with E-state index in [-0.39, 0.29) is 30.9 Å². The van der Waals surface area contributed by atoms with Gasteiger partial charge in [-0.05, 0) is 32.4 Å². The Balaban J connectivity index is 1.44. The number of carbonyl (C=O) groups excluding carboxylic acids is 3. The second kappa shape index (κ2) is 7.46. The van der Waals surface area contributed by atoms with Crippen molar-refractivity contribution in [2.75, 3.05) is 26.7 Å². The van der Waals surface area contributed by atoms with Crippen LogP contribution in [0.25, 0.3) is 0 Å². The molecule has 0 saturated carbocycles. The molecule has 2 aliphatic heterocycles. The first-order valence-corrected chi connectivity index (χ1v) is 9.04. The minimum atomic E-state index is -0.882. The zero-order valence-electron chi connectivity index (χ0n) is 15.9. The molecule has 1 N–H and O–H groups in total. The summed E-state index contributed by atoms with van der Waals surface area (Å²) >= 11 is 0. The lowest BCUT2D eigenvalue weighted by molar-refractivity contribution is -0.133. The number of likely N-dealkylation sites (N-methyl/N-ethyl adjacent to an activating group) is 1. The van der Waals surface area contributed by atoms with E-state index in [2.05, 4.69) is 5.32 Å². The molecule has 1 aromatic rings. The lowest BCUT2D eigenvalue weighted by Gasteiger charge is -2.29. The first-order chi connectivity index (χ1) is 12.8. The minimum Gasteiger partial charge on any atom is -0.486 e. The number of rotatable bonds is 6. The maximum atomic E-state index is 12.4. The molecule has 0 aromatic heterocycles. The number of nitrogens with zero attached hydrogens (tertiary/aromatic N) is 2. The lowest BCUT2D eigenvalue weighted by Crippen LogP contribution is -2.42. The third-order valence-electron chi connectivity index (χ3n) is 4.69. The summed E-state index contributed by atoms with van der Waals surface area (Å²) in [5, 5.41) is 2.63. The van der Waals surface area contributed by atoms with Crippen LogP contribution in [0.3, 0.4) is 0 Å². The Morgan fingerprint density at radius 2 is 2.00 bits per heavy atom. The first-order valence-electron chi connectivity index (χ1n) is 9.04. The molecule has 1 unspecified atom stereocenters. The Morgan fingerprint density at radius 1 is 1.30 bits per heavy atom. The molecule has 1 fully saturated rings. The van der Waals surface area contributed by atoms with Crippen LogP contribution in [-0.2, 0) is 9.59 Å². The topological polar surface area (TPSA) is 88.2 Å². The maximum absolute atomic E-state index is 12.4. The van der Waals surface area contributed by atoms with Crippen molar-refractivity contribution in [1.82, 2.24) is 15.1 Å². The van der Waals surface area contributed by atoms with Crippen LogP contribution in [0.4, 0.5) is 4.79 Å². The number of fused-ring (bicyclic) bond motifs is 1. The number of amides is 4. The van der Waals surface area contributed by atoms with Crippen LogP contribution in [-0.4, -0.2) is 66.0 Å². The highest BCUT2D eigenvalue weighted by molar-refractivity contribution is 6.06. The summed E-state index contributed by atoms with van der Waals surface area (Å²) in [4.78, 5) is 39.1. The van der Waals surface area contributed by atoms with Gasteiger partial charge in [-0.2, -0.15) is 0 Å². The van der Waals surface area contributed by atoms with Gasteiger partial charge < -0.3 is 19.7 Å². The molecule has 4 amide bonds. The van der Waals surface area contributed by atoms with Crippen molar-refractivity contribution in [1.29, 1.82) is 0 Å². The molecule has 1 saturated heterocycles. The van der Waals surface area contributed by atoms with E-state index in [0.717, 1.165) is 0 Å². The molecule has 0 spiro atoms. The van der Waals surface area contributed by atoms with E-state index in [9.17, 15) is 14.4 Å². The molecular weight excluding hydrogens is 350 g/mol. The van der Waals surface area contributed by atoms with Gasteiger partial charge in [0.05, 0.1) is 6.54 Å². The Hall–Kier alpha value is -2.77. The standard InChI is InChI=1S/C19H25N3O5/c1-19(2)17(24)22(18(25)20-19)10-6-9-16(23)21(3)11-13-12-26-14-7-4-5-8-15(14)27-13/h4-5,7-8,13H,6,9-12H2,1-3H3,(H,20,25). The number of hydrogen-bond acceptors (Lipinski definition) is 5. The number of imide groups is 1. The number of hydrogen-bond donors (Lipinski definition) is 1. The van der Waals surface area contributed by atoms with E-state index in [4.69, 9.17) is 9.47 Å². The normalized spacial score (nSPS) is 20.4. The predicted octanol–water partition coefficient (Wildman–Crippen LogP) is 1.40. The minimum absolute atomic E-state index is 0.0660. The van der Waals surface area contributed by atoms with Crippen LogP contribution in [0.5, 0.6) is 11.5 Å². The molecule has 0 radical (unpaired) electrons. The molecule has 8 nitrogen and oxygen atoms in total. The summed E-state index contributed by atoms with van der Waals surface area (Å²) in [6.07, 6.45) is 0.433. The van der Waals surface area contributed by atoms with Crippen molar-refractivity contribution in [3.63, 3.8) is 0 Å². The molecule has 0 aliphatic carbocycles. The number of carbonyl (C=O) groups is 3. The summed E-state index contributed by atoms with van der Waals surface area (Å²) in [5.74, 6) is 1.05. The van der Waals surface area contributed by atoms with Crippen molar-refractivity contribution < 1.29 is 23.9 Å². The summed E-state index contributed by atoms with van der Waals surface area (Å²) in [6, 6.07) is 7.03. The first kappa shape index (κ1) is 19.0. The zero-order valence-corrected chi connectivity index (χ0v) is 15.9. The van der Waals surface area contributed by atoms with Gasteiger partial charge in [-0.3, -0.25) is 14.5 Å². The van der Waals surface area contributed by atoms with Gasteiger partial charge in [0.15, 0.2) is 17.6 Å². The maximum Gasteiger partial charge on any atom is 0.325 e. The second-order valence-electron chi connectivity index (χ2n) is 7.39. The van der Waals surface area contributed by atoms with E-state index < -0.39 is 11.6 Å². The zero-order chi connectivity index (χ0) is 19.6. The van der Waals surface area contributed by atoms with E-state index in [0.29, 0.717) is 31.1 Å². The van der Waals surface area contributed by atoms with Crippen molar-refractivity contribution in [3.05, 3.63) is 24.3 Å². The molecule has 8 heteroatoms. The fourth-order valence-corrected chi connectivity index (χ4v) is 3.16. The fourth-order valence-electron chi connectivity index (χ4n) is 3.16. The van der Waals surface area contributed by atoms with Gasteiger partial charge >= 0.3 is 6.03 Å². The average molecular weight is 375 g/mol. The molecule has 3 rings (SSSR count). The van der Waals surface area contributed by atoms with E-state index in [1.54, 1.807) is 25.8 Å². The monoisotopic (exact) mass is 375 g/mol. The number of urea groups is 1. The Kier molecular flexibility index (Phi) is 5.25. The molecule has 1 atom stereocenters. The quantitative estimate of drug-likeness (QED) is 0.760. The average Bonchev–Trinajstić information content (AvgIpc) is 2.82. The number of benzene rings is 1. The smallest absolute Gasteiger partial charge is 0.325 e. The Labute approximate surface area is 158 Å². The van der Waals surface area contributed by atoms with Crippen LogP contribution in [0.15, 0.2) is 24.3 Å². The van der Waals surface area contributed by atoms with Gasteiger partial charge in [-0.15, -0.1) is 0 Å². The van der Waals surface area contributed by atoms with Gasteiger partial charge in [0.25, 0.3) is 5.91 Å². The van der Waals surface area contributed by atoms with Gasteiger partial charge in [-0.25, -0.2) is 4.79 Å². The summed E-state index contributed by atoms with van der Waals surface area (Å²) in [7, 11) is 1.71. The van der Waals surface area contributed by atoms with Crippen LogP contribution < -0.4 is 14.8 Å². The highest BCUT2D eigenvalue weighted by Gasteiger charge is 2.43. The van der Waals surface area contributed by atoms with Crippen molar-refractivity contribution in [3.8, 4) is 11.5 Å².